The molecular formula is C27H31N5O4S. The Labute approximate surface area is 219 Å². The third-order valence-electron chi connectivity index (χ3n) is 5.65. The van der Waals surface area contributed by atoms with Gasteiger partial charge in [0.25, 0.3) is 11.8 Å². The topological polar surface area (TPSA) is 114 Å². The first kappa shape index (κ1) is 26.2. The van der Waals surface area contributed by atoms with E-state index in [0.717, 1.165) is 26.4 Å². The second kappa shape index (κ2) is 10.6. The molecule has 0 saturated heterocycles. The van der Waals surface area contributed by atoms with Gasteiger partial charge in [-0.15, -0.1) is 0 Å². The summed E-state index contributed by atoms with van der Waals surface area (Å²) in [5.74, 6) is -0.301. The number of thiazole rings is 1. The number of hydrogen-bond acceptors (Lipinski definition) is 6. The molecule has 4 aromatic rings. The van der Waals surface area contributed by atoms with Crippen LogP contribution in [-0.2, 0) is 4.74 Å². The third-order valence-corrected chi connectivity index (χ3v) is 6.67. The maximum Gasteiger partial charge on any atom is 0.407 e. The van der Waals surface area contributed by atoms with E-state index in [-0.39, 0.29) is 17.9 Å². The van der Waals surface area contributed by atoms with Gasteiger partial charge in [0.05, 0.1) is 15.9 Å². The summed E-state index contributed by atoms with van der Waals surface area (Å²) in [6.45, 7) is 7.73. The van der Waals surface area contributed by atoms with Crippen molar-refractivity contribution in [2.75, 3.05) is 13.6 Å². The zero-order chi connectivity index (χ0) is 26.7. The molecule has 3 N–H and O–H groups in total. The number of carbonyl (C=O) groups excluding carboxylic acids is 3. The van der Waals surface area contributed by atoms with Gasteiger partial charge in [-0.1, -0.05) is 23.5 Å². The maximum atomic E-state index is 12.7. The lowest BCUT2D eigenvalue weighted by molar-refractivity contribution is 0.0506. The second-order valence-corrected chi connectivity index (χ2v) is 10.8. The monoisotopic (exact) mass is 521 g/mol. The standard InChI is InChI=1S/C27H31N5O4S/c1-16(30-26(35)36-27(2,3)4)12-13-29-24(34)19-10-11-21-22(14-19)37-25-31-20(15-32(21)25)17-6-8-18(9-7-17)23(33)28-5/h6-11,14-16H,12-13H2,1-5H3,(H,28,33)(H,29,34)(H,30,35)/t16-/m0/s1. The van der Waals surface area contributed by atoms with E-state index in [9.17, 15) is 14.4 Å². The van der Waals surface area contributed by atoms with Crippen LogP contribution in [-0.4, -0.2) is 52.5 Å². The van der Waals surface area contributed by atoms with Gasteiger partial charge >= 0.3 is 6.09 Å². The van der Waals surface area contributed by atoms with Gasteiger partial charge < -0.3 is 20.7 Å². The Morgan fingerprint density at radius 1 is 1.05 bits per heavy atom. The smallest absolute Gasteiger partial charge is 0.407 e. The first-order chi connectivity index (χ1) is 17.5. The molecule has 0 aliphatic rings. The predicted molar refractivity (Wildman–Crippen MR) is 145 cm³/mol. The molecule has 2 aromatic heterocycles. The van der Waals surface area contributed by atoms with E-state index in [2.05, 4.69) is 16.0 Å². The Morgan fingerprint density at radius 3 is 2.43 bits per heavy atom. The van der Waals surface area contributed by atoms with Crippen molar-refractivity contribution in [1.29, 1.82) is 0 Å². The van der Waals surface area contributed by atoms with Crippen LogP contribution in [0.15, 0.2) is 48.7 Å². The summed E-state index contributed by atoms with van der Waals surface area (Å²) in [4.78, 5) is 41.9. The summed E-state index contributed by atoms with van der Waals surface area (Å²) in [6.07, 6.45) is 2.07. The zero-order valence-electron chi connectivity index (χ0n) is 21.5. The van der Waals surface area contributed by atoms with Gasteiger partial charge in [-0.2, -0.15) is 0 Å². The first-order valence-corrected chi connectivity index (χ1v) is 12.9. The Hall–Kier alpha value is -3.92. The molecule has 9 nitrogen and oxygen atoms in total. The van der Waals surface area contributed by atoms with Crippen molar-refractivity contribution < 1.29 is 19.1 Å². The van der Waals surface area contributed by atoms with Crippen molar-refractivity contribution in [2.45, 2.75) is 45.8 Å². The van der Waals surface area contributed by atoms with Gasteiger partial charge in [0, 0.05) is 42.5 Å². The Bertz CT molecular complexity index is 1450. The van der Waals surface area contributed by atoms with Gasteiger partial charge in [0.2, 0.25) is 0 Å². The number of alkyl carbamates (subject to hydrolysis) is 1. The van der Waals surface area contributed by atoms with E-state index in [1.807, 2.05) is 62.6 Å². The lowest BCUT2D eigenvalue weighted by Crippen LogP contribution is -2.39. The van der Waals surface area contributed by atoms with Crippen LogP contribution in [0.25, 0.3) is 26.4 Å². The van der Waals surface area contributed by atoms with E-state index in [1.165, 1.54) is 11.3 Å². The van der Waals surface area contributed by atoms with Crippen LogP contribution in [0.1, 0.15) is 54.8 Å². The van der Waals surface area contributed by atoms with Gasteiger partial charge in [-0.25, -0.2) is 9.78 Å². The van der Waals surface area contributed by atoms with Crippen molar-refractivity contribution in [2.24, 2.45) is 0 Å². The first-order valence-electron chi connectivity index (χ1n) is 12.1. The number of aromatic nitrogens is 2. The van der Waals surface area contributed by atoms with E-state index in [4.69, 9.17) is 9.72 Å². The van der Waals surface area contributed by atoms with E-state index < -0.39 is 11.7 Å². The van der Waals surface area contributed by atoms with Crippen molar-refractivity contribution in [3.05, 3.63) is 59.8 Å². The van der Waals surface area contributed by atoms with Crippen LogP contribution in [0.4, 0.5) is 4.79 Å². The fourth-order valence-electron chi connectivity index (χ4n) is 3.80. The number of nitrogens with one attached hydrogen (secondary N) is 3. The summed E-state index contributed by atoms with van der Waals surface area (Å²) < 4.78 is 8.22. The molecule has 10 heteroatoms. The summed E-state index contributed by atoms with van der Waals surface area (Å²) in [6, 6.07) is 12.8. The van der Waals surface area contributed by atoms with Crippen molar-refractivity contribution in [1.82, 2.24) is 25.3 Å². The van der Waals surface area contributed by atoms with Crippen molar-refractivity contribution in [3.8, 4) is 11.3 Å². The van der Waals surface area contributed by atoms with Crippen LogP contribution in [0.3, 0.4) is 0 Å². The van der Waals surface area contributed by atoms with Crippen LogP contribution < -0.4 is 16.0 Å². The van der Waals surface area contributed by atoms with Crippen LogP contribution in [0, 0.1) is 0 Å². The molecule has 0 radical (unpaired) electrons. The number of imidazole rings is 1. The normalized spacial score (nSPS) is 12.4. The fourth-order valence-corrected chi connectivity index (χ4v) is 4.85. The SMILES string of the molecule is CNC(=O)c1ccc(-c2cn3c(n2)sc2cc(C(=O)NCC[C@H](C)NC(=O)OC(C)(C)C)ccc23)cc1. The minimum absolute atomic E-state index is 0.129. The predicted octanol–water partition coefficient (Wildman–Crippen LogP) is 4.61. The molecule has 0 aliphatic heterocycles. The summed E-state index contributed by atoms with van der Waals surface area (Å²) >= 11 is 1.51. The molecule has 4 rings (SSSR count). The Balaban J connectivity index is 1.39. The van der Waals surface area contributed by atoms with E-state index in [0.29, 0.717) is 24.1 Å². The molecule has 0 saturated carbocycles. The number of benzene rings is 2. The highest BCUT2D eigenvalue weighted by molar-refractivity contribution is 7.23. The molecule has 0 unspecified atom stereocenters. The summed E-state index contributed by atoms with van der Waals surface area (Å²) in [5, 5.41) is 8.30. The summed E-state index contributed by atoms with van der Waals surface area (Å²) in [7, 11) is 1.60. The van der Waals surface area contributed by atoms with Gasteiger partial charge in [-0.3, -0.25) is 14.0 Å². The average molecular weight is 522 g/mol. The van der Waals surface area contributed by atoms with Gasteiger partial charge in [0.1, 0.15) is 5.60 Å². The molecule has 0 spiro atoms. The van der Waals surface area contributed by atoms with Crippen molar-refractivity contribution >= 4 is 44.4 Å². The number of rotatable bonds is 7. The van der Waals surface area contributed by atoms with E-state index >= 15 is 0 Å². The number of fused-ring (bicyclic) bond motifs is 3. The highest BCUT2D eigenvalue weighted by Crippen LogP contribution is 2.30. The molecule has 1 atom stereocenters. The Morgan fingerprint density at radius 2 is 1.76 bits per heavy atom. The number of ether oxygens (including phenoxy) is 1. The minimum atomic E-state index is -0.555. The molecule has 3 amide bonds. The lowest BCUT2D eigenvalue weighted by Gasteiger charge is -2.22. The Kier molecular flexibility index (Phi) is 7.49. The highest BCUT2D eigenvalue weighted by Gasteiger charge is 2.18. The highest BCUT2D eigenvalue weighted by atomic mass is 32.1. The molecular weight excluding hydrogens is 490 g/mol. The molecule has 194 valence electrons. The fraction of sp³-hybridized carbons (Fsp3) is 0.333. The van der Waals surface area contributed by atoms with Crippen LogP contribution >= 0.6 is 11.3 Å². The molecule has 2 aromatic carbocycles. The zero-order valence-corrected chi connectivity index (χ0v) is 22.4. The van der Waals surface area contributed by atoms with Gasteiger partial charge in [-0.05, 0) is 64.4 Å². The second-order valence-electron chi connectivity index (χ2n) is 9.81. The number of carbonyl (C=O) groups is 3. The summed E-state index contributed by atoms with van der Waals surface area (Å²) in [5.41, 5.74) is 3.30. The molecule has 37 heavy (non-hydrogen) atoms. The van der Waals surface area contributed by atoms with Crippen LogP contribution in [0.5, 0.6) is 0 Å². The molecule has 0 bridgehead atoms. The lowest BCUT2D eigenvalue weighted by atomic mass is 10.1. The molecule has 0 aliphatic carbocycles. The van der Waals surface area contributed by atoms with Crippen molar-refractivity contribution in [3.63, 3.8) is 0 Å². The van der Waals surface area contributed by atoms with E-state index in [1.54, 1.807) is 25.2 Å². The average Bonchev–Trinajstić information content (AvgIpc) is 3.40. The van der Waals surface area contributed by atoms with Gasteiger partial charge in [0.15, 0.2) is 4.96 Å². The third kappa shape index (κ3) is 6.26. The quantitative estimate of drug-likeness (QED) is 0.329. The number of nitrogens with zero attached hydrogens (tertiary/aromatic N) is 2. The number of hydrogen-bond donors (Lipinski definition) is 3. The number of amides is 3. The molecule has 2 heterocycles. The minimum Gasteiger partial charge on any atom is -0.444 e. The molecule has 0 fully saturated rings. The largest absolute Gasteiger partial charge is 0.444 e. The maximum absolute atomic E-state index is 12.7. The van der Waals surface area contributed by atoms with Crippen LogP contribution in [0.2, 0.25) is 0 Å².